The fourth-order valence-corrected chi connectivity index (χ4v) is 4.62. The lowest BCUT2D eigenvalue weighted by atomic mass is 10.3. The summed E-state index contributed by atoms with van der Waals surface area (Å²) < 4.78 is 27.1. The molecule has 0 amide bonds. The van der Waals surface area contributed by atoms with E-state index >= 15 is 0 Å². The Labute approximate surface area is 127 Å². The minimum absolute atomic E-state index is 0.134. The van der Waals surface area contributed by atoms with E-state index in [-0.39, 0.29) is 11.9 Å². The molecule has 1 saturated carbocycles. The van der Waals surface area contributed by atoms with Crippen LogP contribution in [0.1, 0.15) is 24.1 Å². The number of rotatable bonds is 6. The maximum absolute atomic E-state index is 12.7. The van der Waals surface area contributed by atoms with Crippen molar-refractivity contribution in [2.24, 2.45) is 0 Å². The van der Waals surface area contributed by atoms with E-state index < -0.39 is 10.0 Å². The van der Waals surface area contributed by atoms with Crippen LogP contribution in [0, 0.1) is 0 Å². The summed E-state index contributed by atoms with van der Waals surface area (Å²) >= 11 is 7.30. The van der Waals surface area contributed by atoms with E-state index in [9.17, 15) is 8.42 Å². The van der Waals surface area contributed by atoms with E-state index in [0.29, 0.717) is 11.4 Å². The van der Waals surface area contributed by atoms with Crippen molar-refractivity contribution in [1.82, 2.24) is 9.29 Å². The first-order valence-electron chi connectivity index (χ1n) is 6.37. The normalized spacial score (nSPS) is 15.9. The first-order chi connectivity index (χ1) is 9.61. The van der Waals surface area contributed by atoms with E-state index in [1.807, 2.05) is 16.8 Å². The summed E-state index contributed by atoms with van der Waals surface area (Å²) in [4.78, 5) is 3.20. The predicted octanol–water partition coefficient (Wildman–Crippen LogP) is 3.17. The molecule has 1 aliphatic carbocycles. The van der Waals surface area contributed by atoms with Crippen LogP contribution in [0.25, 0.3) is 0 Å². The summed E-state index contributed by atoms with van der Waals surface area (Å²) in [5.74, 6) is 0.281. The van der Waals surface area contributed by atoms with Crippen molar-refractivity contribution in [2.45, 2.75) is 36.2 Å². The summed E-state index contributed by atoms with van der Waals surface area (Å²) in [6, 6.07) is 3.72. The first-order valence-corrected chi connectivity index (χ1v) is 9.29. The Balaban J connectivity index is 1.89. The highest BCUT2D eigenvalue weighted by atomic mass is 35.5. The van der Waals surface area contributed by atoms with E-state index in [0.717, 1.165) is 24.1 Å². The molecule has 0 bridgehead atoms. The maximum Gasteiger partial charge on any atom is 0.245 e. The Morgan fingerprint density at radius 3 is 2.80 bits per heavy atom. The average molecular weight is 331 g/mol. The van der Waals surface area contributed by atoms with Gasteiger partial charge in [-0.15, -0.1) is 11.6 Å². The van der Waals surface area contributed by atoms with Crippen LogP contribution in [0.5, 0.6) is 0 Å². The lowest BCUT2D eigenvalue weighted by Crippen LogP contribution is -2.32. The number of halogens is 1. The second kappa shape index (κ2) is 5.52. The minimum Gasteiger partial charge on any atom is -0.363 e. The standard InChI is InChI=1S/C13H15ClN2O2S2/c14-6-11-5-13(7-15-11)20(17,18)16(12-1-2-12)8-10-3-4-19-9-10/h3-5,7,9,12,15H,1-2,6,8H2. The molecule has 0 spiro atoms. The second-order valence-electron chi connectivity index (χ2n) is 4.91. The van der Waals surface area contributed by atoms with Crippen molar-refractivity contribution in [3.8, 4) is 0 Å². The molecule has 1 N–H and O–H groups in total. The minimum atomic E-state index is -3.46. The SMILES string of the molecule is O=S(=O)(c1c[nH]c(CCl)c1)N(Cc1ccsc1)C1CC1. The number of hydrogen-bond acceptors (Lipinski definition) is 3. The van der Waals surface area contributed by atoms with Crippen LogP contribution in [0.3, 0.4) is 0 Å². The number of aromatic nitrogens is 1. The van der Waals surface area contributed by atoms with Gasteiger partial charge in [-0.2, -0.15) is 15.6 Å². The number of hydrogen-bond donors (Lipinski definition) is 1. The predicted molar refractivity (Wildman–Crippen MR) is 80.4 cm³/mol. The van der Waals surface area contributed by atoms with Gasteiger partial charge in [0.2, 0.25) is 10.0 Å². The zero-order valence-electron chi connectivity index (χ0n) is 10.8. The van der Waals surface area contributed by atoms with E-state index in [2.05, 4.69) is 4.98 Å². The molecule has 3 rings (SSSR count). The Kier molecular flexibility index (Phi) is 3.90. The van der Waals surface area contributed by atoms with Gasteiger partial charge in [-0.25, -0.2) is 8.42 Å². The van der Waals surface area contributed by atoms with Crippen LogP contribution < -0.4 is 0 Å². The molecule has 1 fully saturated rings. The van der Waals surface area contributed by atoms with E-state index in [1.54, 1.807) is 21.7 Å². The molecule has 0 unspecified atom stereocenters. The molecule has 0 saturated heterocycles. The molecule has 7 heteroatoms. The molecule has 0 aromatic carbocycles. The van der Waals surface area contributed by atoms with Crippen LogP contribution in [0.2, 0.25) is 0 Å². The van der Waals surface area contributed by atoms with Crippen molar-refractivity contribution >= 4 is 33.0 Å². The average Bonchev–Trinajstić information content (AvgIpc) is 2.96. The van der Waals surface area contributed by atoms with Crippen molar-refractivity contribution in [2.75, 3.05) is 0 Å². The fourth-order valence-electron chi connectivity index (χ4n) is 2.12. The van der Waals surface area contributed by atoms with Gasteiger partial charge in [-0.1, -0.05) is 0 Å². The number of sulfonamides is 1. The van der Waals surface area contributed by atoms with Gasteiger partial charge >= 0.3 is 0 Å². The Morgan fingerprint density at radius 1 is 1.45 bits per heavy atom. The lowest BCUT2D eigenvalue weighted by molar-refractivity contribution is 0.399. The highest BCUT2D eigenvalue weighted by Gasteiger charge is 2.38. The van der Waals surface area contributed by atoms with Gasteiger partial charge in [0, 0.05) is 24.5 Å². The molecule has 2 aromatic rings. The number of alkyl halides is 1. The zero-order valence-corrected chi connectivity index (χ0v) is 13.1. The summed E-state index contributed by atoms with van der Waals surface area (Å²) in [6.07, 6.45) is 3.41. The van der Waals surface area contributed by atoms with Gasteiger partial charge in [-0.05, 0) is 41.3 Å². The topological polar surface area (TPSA) is 53.2 Å². The van der Waals surface area contributed by atoms with Crippen LogP contribution in [0.4, 0.5) is 0 Å². The molecule has 2 heterocycles. The third kappa shape index (κ3) is 2.79. The Morgan fingerprint density at radius 2 is 2.25 bits per heavy atom. The summed E-state index contributed by atoms with van der Waals surface area (Å²) in [5, 5.41) is 3.96. The molecular weight excluding hydrogens is 316 g/mol. The van der Waals surface area contributed by atoms with E-state index in [4.69, 9.17) is 11.6 Å². The number of nitrogens with one attached hydrogen (secondary N) is 1. The third-order valence-corrected chi connectivity index (χ3v) is 6.24. The maximum atomic E-state index is 12.7. The Hall–Kier alpha value is -0.820. The monoisotopic (exact) mass is 330 g/mol. The van der Waals surface area contributed by atoms with Crippen LogP contribution in [0.15, 0.2) is 34.0 Å². The van der Waals surface area contributed by atoms with Crippen molar-refractivity contribution in [3.63, 3.8) is 0 Å². The molecule has 2 aromatic heterocycles. The van der Waals surface area contributed by atoms with Gasteiger partial charge < -0.3 is 4.98 Å². The zero-order chi connectivity index (χ0) is 14.2. The van der Waals surface area contributed by atoms with E-state index in [1.165, 1.54) is 6.20 Å². The molecular formula is C13H15ClN2O2S2. The van der Waals surface area contributed by atoms with Crippen molar-refractivity contribution < 1.29 is 8.42 Å². The van der Waals surface area contributed by atoms with Gasteiger partial charge in [0.25, 0.3) is 0 Å². The lowest BCUT2D eigenvalue weighted by Gasteiger charge is -2.20. The molecule has 108 valence electrons. The highest BCUT2D eigenvalue weighted by Crippen LogP contribution is 2.34. The largest absolute Gasteiger partial charge is 0.363 e. The number of thiophene rings is 1. The smallest absolute Gasteiger partial charge is 0.245 e. The quantitative estimate of drug-likeness (QED) is 0.827. The number of aromatic amines is 1. The van der Waals surface area contributed by atoms with Gasteiger partial charge in [-0.3, -0.25) is 0 Å². The number of nitrogens with zero attached hydrogens (tertiary/aromatic N) is 1. The third-order valence-electron chi connectivity index (χ3n) is 3.34. The number of H-pyrrole nitrogens is 1. The molecule has 1 aliphatic rings. The van der Waals surface area contributed by atoms with Crippen LogP contribution in [-0.2, 0) is 22.4 Å². The molecule has 0 atom stereocenters. The summed E-state index contributed by atoms with van der Waals surface area (Å²) in [7, 11) is -3.46. The fraction of sp³-hybridized carbons (Fsp3) is 0.385. The highest BCUT2D eigenvalue weighted by molar-refractivity contribution is 7.89. The Bertz CT molecular complexity index is 675. The van der Waals surface area contributed by atoms with Gasteiger partial charge in [0.05, 0.1) is 10.8 Å². The molecule has 0 aliphatic heterocycles. The van der Waals surface area contributed by atoms with Crippen LogP contribution >= 0.6 is 22.9 Å². The summed E-state index contributed by atoms with van der Waals surface area (Å²) in [6.45, 7) is 0.442. The van der Waals surface area contributed by atoms with Gasteiger partial charge in [0.15, 0.2) is 0 Å². The molecule has 4 nitrogen and oxygen atoms in total. The van der Waals surface area contributed by atoms with Crippen molar-refractivity contribution in [3.05, 3.63) is 40.3 Å². The van der Waals surface area contributed by atoms with Crippen molar-refractivity contribution in [1.29, 1.82) is 0 Å². The first kappa shape index (κ1) is 14.1. The molecule has 20 heavy (non-hydrogen) atoms. The summed E-state index contributed by atoms with van der Waals surface area (Å²) in [5.41, 5.74) is 1.76. The van der Waals surface area contributed by atoms with Gasteiger partial charge in [0.1, 0.15) is 0 Å². The molecule has 0 radical (unpaired) electrons. The second-order valence-corrected chi connectivity index (χ2v) is 7.85. The van der Waals surface area contributed by atoms with Crippen LogP contribution in [-0.4, -0.2) is 23.7 Å².